The Morgan fingerprint density at radius 2 is 1.93 bits per heavy atom. The average Bonchev–Trinajstić information content (AvgIpc) is 3.13. The fourth-order valence-corrected chi connectivity index (χ4v) is 7.09. The summed E-state index contributed by atoms with van der Waals surface area (Å²) in [5.41, 5.74) is 1.60. The lowest BCUT2D eigenvalue weighted by atomic mass is 9.97. The molecule has 1 aliphatic heterocycles. The van der Waals surface area contributed by atoms with Crippen LogP contribution in [0.1, 0.15) is 17.8 Å². The molecule has 2 aromatic carbocycles. The second kappa shape index (κ2) is 8.66. The van der Waals surface area contributed by atoms with Crippen LogP contribution in [0, 0.1) is 12.8 Å². The fourth-order valence-electron chi connectivity index (χ4n) is 3.69. The molecule has 0 radical (unpaired) electrons. The molecular weight excluding hydrogens is 438 g/mol. The molecule has 9 heteroatoms. The van der Waals surface area contributed by atoms with Gasteiger partial charge in [-0.2, -0.15) is 4.31 Å². The monoisotopic (exact) mass is 461 g/mol. The molecule has 4 rings (SSSR count). The highest BCUT2D eigenvalue weighted by molar-refractivity contribution is 7.99. The van der Waals surface area contributed by atoms with E-state index in [1.807, 2.05) is 43.5 Å². The molecule has 158 valence electrons. The lowest BCUT2D eigenvalue weighted by Crippen LogP contribution is -2.41. The van der Waals surface area contributed by atoms with Gasteiger partial charge in [-0.25, -0.2) is 13.4 Å². The second-order valence-corrected chi connectivity index (χ2v) is 11.2. The fraction of sp³-hybridized carbons (Fsp3) is 0.333. The van der Waals surface area contributed by atoms with Crippen molar-refractivity contribution in [3.8, 4) is 0 Å². The Balaban J connectivity index is 1.41. The van der Waals surface area contributed by atoms with E-state index in [1.54, 1.807) is 23.5 Å². The molecule has 6 nitrogen and oxygen atoms in total. The first-order valence-corrected chi connectivity index (χ1v) is 13.2. The Labute approximate surface area is 184 Å². The maximum absolute atomic E-state index is 13.1. The van der Waals surface area contributed by atoms with Gasteiger partial charge in [-0.05, 0) is 56.4 Å². The van der Waals surface area contributed by atoms with Crippen molar-refractivity contribution in [3.63, 3.8) is 0 Å². The minimum atomic E-state index is -3.56. The lowest BCUT2D eigenvalue weighted by molar-refractivity contribution is -0.120. The van der Waals surface area contributed by atoms with E-state index in [0.717, 1.165) is 25.8 Å². The molecule has 2 heterocycles. The van der Waals surface area contributed by atoms with Gasteiger partial charge < -0.3 is 5.32 Å². The zero-order chi connectivity index (χ0) is 21.3. The number of hydrogen-bond acceptors (Lipinski definition) is 6. The third kappa shape index (κ3) is 4.25. The molecule has 1 fully saturated rings. The van der Waals surface area contributed by atoms with Crippen LogP contribution in [0.2, 0.25) is 0 Å². The summed E-state index contributed by atoms with van der Waals surface area (Å²) < 4.78 is 28.7. The summed E-state index contributed by atoms with van der Waals surface area (Å²) in [5.74, 6) is -0.275. The zero-order valence-electron chi connectivity index (χ0n) is 16.8. The van der Waals surface area contributed by atoms with Gasteiger partial charge in [-0.15, -0.1) is 23.1 Å². The number of aromatic nitrogens is 1. The molecular formula is C21H23N3O3S3. The van der Waals surface area contributed by atoms with Crippen LogP contribution in [-0.4, -0.2) is 43.0 Å². The molecule has 0 aliphatic carbocycles. The lowest BCUT2D eigenvalue weighted by Gasteiger charge is -2.31. The molecule has 0 unspecified atom stereocenters. The van der Waals surface area contributed by atoms with Crippen LogP contribution in [0.25, 0.3) is 10.2 Å². The molecule has 1 aromatic heterocycles. The molecule has 1 N–H and O–H groups in total. The standard InChI is InChI=1S/C21H23N3O3S3/c1-14-22-17-13-16(7-8-18(17)29-14)23-21(25)15-9-11-24(12-10-15)30(26,27)20-6-4-3-5-19(20)28-2/h3-8,13,15H,9-12H2,1-2H3,(H,23,25). The SMILES string of the molecule is CSc1ccccc1S(=O)(=O)N1CCC(C(=O)Nc2ccc3sc(C)nc3c2)CC1. The van der Waals surface area contributed by atoms with E-state index >= 15 is 0 Å². The number of thioether (sulfide) groups is 1. The van der Waals surface area contributed by atoms with E-state index in [-0.39, 0.29) is 11.8 Å². The molecule has 1 saturated heterocycles. The number of nitrogens with zero attached hydrogens (tertiary/aromatic N) is 2. The number of aryl methyl sites for hydroxylation is 1. The van der Waals surface area contributed by atoms with Crippen molar-refractivity contribution in [1.29, 1.82) is 0 Å². The van der Waals surface area contributed by atoms with Crippen LogP contribution >= 0.6 is 23.1 Å². The predicted octanol–water partition coefficient (Wildman–Crippen LogP) is 4.37. The largest absolute Gasteiger partial charge is 0.326 e. The predicted molar refractivity (Wildman–Crippen MR) is 123 cm³/mol. The highest BCUT2D eigenvalue weighted by atomic mass is 32.2. The number of rotatable bonds is 5. The number of amides is 1. The maximum atomic E-state index is 13.1. The van der Waals surface area contributed by atoms with Crippen molar-refractivity contribution in [2.75, 3.05) is 24.7 Å². The van der Waals surface area contributed by atoms with Crippen molar-refractivity contribution < 1.29 is 13.2 Å². The third-order valence-corrected chi connectivity index (χ3v) is 9.11. The first kappa shape index (κ1) is 21.3. The Morgan fingerprint density at radius 1 is 1.20 bits per heavy atom. The highest BCUT2D eigenvalue weighted by Crippen LogP contribution is 2.30. The number of carbonyl (C=O) groups excluding carboxylic acids is 1. The first-order valence-electron chi connectivity index (χ1n) is 9.70. The average molecular weight is 462 g/mol. The number of fused-ring (bicyclic) bond motifs is 1. The van der Waals surface area contributed by atoms with Gasteiger partial charge in [0.05, 0.1) is 20.1 Å². The van der Waals surface area contributed by atoms with Crippen LogP contribution in [-0.2, 0) is 14.8 Å². The summed E-state index contributed by atoms with van der Waals surface area (Å²) in [6.07, 6.45) is 2.88. The summed E-state index contributed by atoms with van der Waals surface area (Å²) >= 11 is 3.04. The summed E-state index contributed by atoms with van der Waals surface area (Å²) in [6, 6.07) is 12.8. The molecule has 0 spiro atoms. The zero-order valence-corrected chi connectivity index (χ0v) is 19.2. The van der Waals surface area contributed by atoms with Crippen molar-refractivity contribution in [1.82, 2.24) is 9.29 Å². The quantitative estimate of drug-likeness (QED) is 0.571. The van der Waals surface area contributed by atoms with Crippen LogP contribution in [0.4, 0.5) is 5.69 Å². The number of hydrogen-bond donors (Lipinski definition) is 1. The number of piperidine rings is 1. The van der Waals surface area contributed by atoms with E-state index in [1.165, 1.54) is 16.1 Å². The van der Waals surface area contributed by atoms with Gasteiger partial charge in [0, 0.05) is 29.6 Å². The number of nitrogens with one attached hydrogen (secondary N) is 1. The Bertz CT molecular complexity index is 1180. The van der Waals surface area contributed by atoms with Crippen molar-refractivity contribution in [3.05, 3.63) is 47.5 Å². The summed E-state index contributed by atoms with van der Waals surface area (Å²) in [4.78, 5) is 18.3. The van der Waals surface area contributed by atoms with E-state index in [9.17, 15) is 13.2 Å². The highest BCUT2D eigenvalue weighted by Gasteiger charge is 2.33. The van der Waals surface area contributed by atoms with Gasteiger partial charge in [0.1, 0.15) is 0 Å². The van der Waals surface area contributed by atoms with Crippen LogP contribution < -0.4 is 5.32 Å². The number of anilines is 1. The topological polar surface area (TPSA) is 79.4 Å². The van der Waals surface area contributed by atoms with E-state index in [0.29, 0.717) is 30.8 Å². The summed E-state index contributed by atoms with van der Waals surface area (Å²) in [6.45, 7) is 2.64. The molecule has 1 aliphatic rings. The van der Waals surface area contributed by atoms with Gasteiger partial charge >= 0.3 is 0 Å². The van der Waals surface area contributed by atoms with E-state index in [4.69, 9.17) is 0 Å². The van der Waals surface area contributed by atoms with Crippen molar-refractivity contribution in [2.24, 2.45) is 5.92 Å². The maximum Gasteiger partial charge on any atom is 0.244 e. The molecule has 30 heavy (non-hydrogen) atoms. The molecule has 0 bridgehead atoms. The minimum Gasteiger partial charge on any atom is -0.326 e. The number of carbonyl (C=O) groups is 1. The molecule has 0 atom stereocenters. The third-order valence-electron chi connectivity index (χ3n) is 5.27. The number of sulfonamides is 1. The van der Waals surface area contributed by atoms with Gasteiger partial charge in [-0.1, -0.05) is 12.1 Å². The van der Waals surface area contributed by atoms with E-state index < -0.39 is 10.0 Å². The number of benzene rings is 2. The van der Waals surface area contributed by atoms with E-state index in [2.05, 4.69) is 10.3 Å². The summed E-state index contributed by atoms with van der Waals surface area (Å²) in [5, 5.41) is 3.96. The van der Waals surface area contributed by atoms with Gasteiger partial charge in [-0.3, -0.25) is 4.79 Å². The smallest absolute Gasteiger partial charge is 0.244 e. The summed E-state index contributed by atoms with van der Waals surface area (Å²) in [7, 11) is -3.56. The van der Waals surface area contributed by atoms with Crippen molar-refractivity contribution >= 4 is 54.9 Å². The van der Waals surface area contributed by atoms with Gasteiger partial charge in [0.15, 0.2) is 0 Å². The Morgan fingerprint density at radius 3 is 2.67 bits per heavy atom. The minimum absolute atomic E-state index is 0.0668. The Hall–Kier alpha value is -1.94. The second-order valence-electron chi connectivity index (χ2n) is 7.23. The number of thiazole rings is 1. The Kier molecular flexibility index (Phi) is 6.15. The molecule has 3 aromatic rings. The van der Waals surface area contributed by atoms with Crippen LogP contribution in [0.5, 0.6) is 0 Å². The van der Waals surface area contributed by atoms with Gasteiger partial charge in [0.2, 0.25) is 15.9 Å². The first-order chi connectivity index (χ1) is 14.4. The van der Waals surface area contributed by atoms with Crippen LogP contribution in [0.3, 0.4) is 0 Å². The molecule has 0 saturated carbocycles. The van der Waals surface area contributed by atoms with Crippen molar-refractivity contribution in [2.45, 2.75) is 29.6 Å². The molecule has 1 amide bonds. The van der Waals surface area contributed by atoms with Crippen LogP contribution in [0.15, 0.2) is 52.3 Å². The van der Waals surface area contributed by atoms with Gasteiger partial charge in [0.25, 0.3) is 0 Å². The normalized spacial score (nSPS) is 16.1.